The summed E-state index contributed by atoms with van der Waals surface area (Å²) in [6.45, 7) is 1.40. The van der Waals surface area contributed by atoms with E-state index < -0.39 is 34.9 Å². The summed E-state index contributed by atoms with van der Waals surface area (Å²) in [7, 11) is 0. The third-order valence-electron chi connectivity index (χ3n) is 2.52. The third-order valence-corrected chi connectivity index (χ3v) is 2.94. The van der Waals surface area contributed by atoms with E-state index in [9.17, 15) is 22.4 Å². The number of nitrogens with two attached hydrogens (primary N) is 1. The highest BCUT2D eigenvalue weighted by atomic mass is 35.5. The van der Waals surface area contributed by atoms with E-state index in [0.29, 0.717) is 0 Å². The van der Waals surface area contributed by atoms with Gasteiger partial charge in [-0.3, -0.25) is 0 Å². The smallest absolute Gasteiger partial charge is 0.417 e. The van der Waals surface area contributed by atoms with Crippen LogP contribution in [0.2, 0.25) is 5.02 Å². The van der Waals surface area contributed by atoms with Gasteiger partial charge in [-0.15, -0.1) is 12.4 Å². The van der Waals surface area contributed by atoms with E-state index >= 15 is 0 Å². The summed E-state index contributed by atoms with van der Waals surface area (Å²) in [4.78, 5) is 11.2. The van der Waals surface area contributed by atoms with Crippen LogP contribution in [-0.2, 0) is 15.7 Å². The van der Waals surface area contributed by atoms with E-state index in [1.807, 2.05) is 0 Å². The SMILES string of the molecule is CCOC(=O)C(F)[C@@H](N)c1cccc(C(F)(F)F)c1Cl.Cl. The van der Waals surface area contributed by atoms with Crippen molar-refractivity contribution in [1.29, 1.82) is 0 Å². The molecule has 9 heteroatoms. The number of esters is 1. The van der Waals surface area contributed by atoms with Crippen LogP contribution in [0.25, 0.3) is 0 Å². The topological polar surface area (TPSA) is 52.3 Å². The Morgan fingerprint density at radius 3 is 2.48 bits per heavy atom. The first-order valence-electron chi connectivity index (χ1n) is 5.62. The van der Waals surface area contributed by atoms with Gasteiger partial charge in [-0.1, -0.05) is 23.7 Å². The number of rotatable bonds is 4. The number of alkyl halides is 4. The predicted octanol–water partition coefficient (Wildman–Crippen LogP) is 3.68. The van der Waals surface area contributed by atoms with Crippen LogP contribution in [0.4, 0.5) is 17.6 Å². The number of carbonyl (C=O) groups excluding carboxylic acids is 1. The molecule has 0 aliphatic carbocycles. The van der Waals surface area contributed by atoms with Gasteiger partial charge in [0.2, 0.25) is 6.17 Å². The van der Waals surface area contributed by atoms with Gasteiger partial charge in [0, 0.05) is 0 Å². The number of hydrogen-bond acceptors (Lipinski definition) is 3. The van der Waals surface area contributed by atoms with E-state index in [4.69, 9.17) is 17.3 Å². The largest absolute Gasteiger partial charge is 0.464 e. The van der Waals surface area contributed by atoms with Crippen LogP contribution >= 0.6 is 24.0 Å². The van der Waals surface area contributed by atoms with Crippen molar-refractivity contribution >= 4 is 30.0 Å². The molecule has 0 spiro atoms. The number of carbonyl (C=O) groups is 1. The number of hydrogen-bond donors (Lipinski definition) is 1. The van der Waals surface area contributed by atoms with Gasteiger partial charge in [-0.2, -0.15) is 13.2 Å². The monoisotopic (exact) mass is 349 g/mol. The highest BCUT2D eigenvalue weighted by Gasteiger charge is 2.36. The van der Waals surface area contributed by atoms with Crippen LogP contribution in [0.1, 0.15) is 24.1 Å². The molecule has 0 saturated heterocycles. The lowest BCUT2D eigenvalue weighted by molar-refractivity contribution is -0.149. The average Bonchev–Trinajstić information content (AvgIpc) is 2.36. The van der Waals surface area contributed by atoms with Crippen molar-refractivity contribution in [3.63, 3.8) is 0 Å². The Bertz CT molecular complexity index is 497. The summed E-state index contributed by atoms with van der Waals surface area (Å²) < 4.78 is 56.1. The zero-order valence-electron chi connectivity index (χ0n) is 10.8. The van der Waals surface area contributed by atoms with Crippen molar-refractivity contribution in [3.05, 3.63) is 34.3 Å². The van der Waals surface area contributed by atoms with Crippen LogP contribution in [0.3, 0.4) is 0 Å². The molecule has 21 heavy (non-hydrogen) atoms. The first kappa shape index (κ1) is 19.9. The van der Waals surface area contributed by atoms with E-state index in [-0.39, 0.29) is 24.6 Å². The van der Waals surface area contributed by atoms with Gasteiger partial charge < -0.3 is 10.5 Å². The summed E-state index contributed by atoms with van der Waals surface area (Å²) in [5.74, 6) is -1.24. The quantitative estimate of drug-likeness (QED) is 0.666. The summed E-state index contributed by atoms with van der Waals surface area (Å²) in [5.41, 5.74) is 4.02. The molecule has 120 valence electrons. The van der Waals surface area contributed by atoms with Crippen molar-refractivity contribution in [2.45, 2.75) is 25.3 Å². The molecule has 0 saturated carbocycles. The maximum atomic E-state index is 13.7. The van der Waals surface area contributed by atoms with Gasteiger partial charge in [0.15, 0.2) is 0 Å². The molecule has 2 N–H and O–H groups in total. The Labute approximate surface area is 129 Å². The van der Waals surface area contributed by atoms with E-state index in [0.717, 1.165) is 18.2 Å². The zero-order valence-corrected chi connectivity index (χ0v) is 12.4. The fourth-order valence-electron chi connectivity index (χ4n) is 1.55. The lowest BCUT2D eigenvalue weighted by Crippen LogP contribution is -2.32. The van der Waals surface area contributed by atoms with Crippen molar-refractivity contribution in [2.24, 2.45) is 5.73 Å². The molecule has 0 fully saturated rings. The molecule has 0 aliphatic heterocycles. The summed E-state index contributed by atoms with van der Waals surface area (Å²) in [5, 5.41) is -0.723. The fourth-order valence-corrected chi connectivity index (χ4v) is 1.91. The van der Waals surface area contributed by atoms with Gasteiger partial charge in [-0.25, -0.2) is 9.18 Å². The molecule has 0 amide bonds. The normalized spacial score (nSPS) is 14.0. The molecule has 1 aromatic carbocycles. The second-order valence-corrected chi connectivity index (χ2v) is 4.26. The van der Waals surface area contributed by atoms with E-state index in [1.165, 1.54) is 6.92 Å². The molecule has 0 bridgehead atoms. The average molecular weight is 350 g/mol. The molecule has 0 aliphatic rings. The summed E-state index contributed by atoms with van der Waals surface area (Å²) >= 11 is 5.60. The van der Waals surface area contributed by atoms with Crippen molar-refractivity contribution in [2.75, 3.05) is 6.61 Å². The minimum absolute atomic E-state index is 0. The van der Waals surface area contributed by atoms with Gasteiger partial charge >= 0.3 is 12.1 Å². The maximum absolute atomic E-state index is 13.7. The summed E-state index contributed by atoms with van der Waals surface area (Å²) in [6.07, 6.45) is -6.99. The molecule has 3 nitrogen and oxygen atoms in total. The van der Waals surface area contributed by atoms with Gasteiger partial charge in [0.1, 0.15) is 0 Å². The molecule has 1 unspecified atom stereocenters. The Kier molecular flexibility index (Phi) is 7.43. The maximum Gasteiger partial charge on any atom is 0.417 e. The first-order valence-corrected chi connectivity index (χ1v) is 5.99. The predicted molar refractivity (Wildman–Crippen MR) is 72.2 cm³/mol. The van der Waals surface area contributed by atoms with Crippen LogP contribution in [0.15, 0.2) is 18.2 Å². The van der Waals surface area contributed by atoms with Crippen molar-refractivity contribution in [1.82, 2.24) is 0 Å². The second kappa shape index (κ2) is 7.82. The second-order valence-electron chi connectivity index (χ2n) is 3.89. The Balaban J connectivity index is 0.00000400. The Morgan fingerprint density at radius 1 is 1.43 bits per heavy atom. The van der Waals surface area contributed by atoms with Crippen LogP contribution in [-0.4, -0.2) is 18.7 Å². The first-order chi connectivity index (χ1) is 9.20. The Hall–Kier alpha value is -1.05. The molecule has 0 aromatic heterocycles. The highest BCUT2D eigenvalue weighted by molar-refractivity contribution is 6.32. The molecule has 1 aromatic rings. The standard InChI is InChI=1S/C12H12ClF4NO2.ClH/c1-2-20-11(19)9(14)10(18)6-4-3-5-7(8(6)13)12(15,16)17;/h3-5,9-10H,2,18H2,1H3;1H/t9?,10-;/m0./s1. The lowest BCUT2D eigenvalue weighted by atomic mass is 10.0. The lowest BCUT2D eigenvalue weighted by Gasteiger charge is -2.19. The Morgan fingerprint density at radius 2 is 2.00 bits per heavy atom. The van der Waals surface area contributed by atoms with Gasteiger partial charge in [0.25, 0.3) is 0 Å². The zero-order chi connectivity index (χ0) is 15.5. The van der Waals surface area contributed by atoms with E-state index in [2.05, 4.69) is 4.74 Å². The molecular formula is C12H13Cl2F4NO2. The minimum atomic E-state index is -4.69. The number of halogens is 6. The highest BCUT2D eigenvalue weighted by Crippen LogP contribution is 2.38. The van der Waals surface area contributed by atoms with Crippen LogP contribution in [0, 0.1) is 0 Å². The molecule has 0 heterocycles. The van der Waals surface area contributed by atoms with E-state index in [1.54, 1.807) is 0 Å². The van der Waals surface area contributed by atoms with Gasteiger partial charge in [0.05, 0.1) is 23.2 Å². The molecular weight excluding hydrogens is 337 g/mol. The summed E-state index contributed by atoms with van der Waals surface area (Å²) in [6, 6.07) is 1.29. The number of ether oxygens (including phenoxy) is 1. The fraction of sp³-hybridized carbons (Fsp3) is 0.417. The molecule has 0 radical (unpaired) electrons. The third kappa shape index (κ3) is 4.72. The van der Waals surface area contributed by atoms with Crippen LogP contribution in [0.5, 0.6) is 0 Å². The van der Waals surface area contributed by atoms with Crippen molar-refractivity contribution in [3.8, 4) is 0 Å². The van der Waals surface area contributed by atoms with Crippen LogP contribution < -0.4 is 5.73 Å². The molecule has 1 rings (SSSR count). The molecule has 2 atom stereocenters. The van der Waals surface area contributed by atoms with Gasteiger partial charge in [-0.05, 0) is 18.6 Å². The number of benzene rings is 1. The minimum Gasteiger partial charge on any atom is -0.464 e. The van der Waals surface area contributed by atoms with Crippen molar-refractivity contribution < 1.29 is 27.1 Å².